The third-order valence-corrected chi connectivity index (χ3v) is 3.18. The fourth-order valence-electron chi connectivity index (χ4n) is 2.16. The summed E-state index contributed by atoms with van der Waals surface area (Å²) in [4.78, 5) is 0. The highest BCUT2D eigenvalue weighted by molar-refractivity contribution is 5.41. The molecule has 1 heterocycles. The molecule has 0 bridgehead atoms. The second kappa shape index (κ2) is 4.44. The second-order valence-corrected chi connectivity index (χ2v) is 4.35. The van der Waals surface area contributed by atoms with Gasteiger partial charge in [0.2, 0.25) is 0 Å². The van der Waals surface area contributed by atoms with Gasteiger partial charge in [-0.15, -0.1) is 0 Å². The maximum Gasteiger partial charge on any atom is 0.124 e. The van der Waals surface area contributed by atoms with Crippen LogP contribution < -0.4 is 4.74 Å². The lowest BCUT2D eigenvalue weighted by Gasteiger charge is -2.33. The average molecular weight is 222 g/mol. The standard InChI is InChI=1S/C13H18O3/c1-10-3-4-12(15-2)11(9-10)13(14)5-7-16-8-6-13/h3-4,9,14H,5-8H2,1-2H3. The molecule has 1 aliphatic rings. The van der Waals surface area contributed by atoms with Crippen molar-refractivity contribution in [2.45, 2.75) is 25.4 Å². The van der Waals surface area contributed by atoms with E-state index in [4.69, 9.17) is 9.47 Å². The molecular weight excluding hydrogens is 204 g/mol. The highest BCUT2D eigenvalue weighted by Crippen LogP contribution is 2.37. The Morgan fingerprint density at radius 3 is 2.62 bits per heavy atom. The van der Waals surface area contributed by atoms with Gasteiger partial charge in [0.25, 0.3) is 0 Å². The van der Waals surface area contributed by atoms with E-state index in [0.717, 1.165) is 16.9 Å². The normalized spacial score (nSPS) is 19.4. The summed E-state index contributed by atoms with van der Waals surface area (Å²) in [7, 11) is 1.64. The smallest absolute Gasteiger partial charge is 0.124 e. The Balaban J connectivity index is 2.40. The van der Waals surface area contributed by atoms with E-state index in [0.29, 0.717) is 26.1 Å². The predicted molar refractivity (Wildman–Crippen MR) is 61.7 cm³/mol. The molecule has 16 heavy (non-hydrogen) atoms. The maximum atomic E-state index is 10.6. The molecule has 3 heteroatoms. The van der Waals surface area contributed by atoms with Crippen molar-refractivity contribution in [2.75, 3.05) is 20.3 Å². The van der Waals surface area contributed by atoms with Crippen LogP contribution in [0, 0.1) is 6.92 Å². The van der Waals surface area contributed by atoms with Crippen LogP contribution in [0.4, 0.5) is 0 Å². The van der Waals surface area contributed by atoms with Crippen molar-refractivity contribution in [3.8, 4) is 5.75 Å². The van der Waals surface area contributed by atoms with E-state index in [-0.39, 0.29) is 0 Å². The van der Waals surface area contributed by atoms with Crippen LogP contribution in [0.25, 0.3) is 0 Å². The monoisotopic (exact) mass is 222 g/mol. The third kappa shape index (κ3) is 2.06. The molecule has 0 aromatic heterocycles. The predicted octanol–water partition coefficient (Wildman–Crippen LogP) is 2.00. The minimum atomic E-state index is -0.796. The van der Waals surface area contributed by atoms with Gasteiger partial charge in [-0.1, -0.05) is 11.6 Å². The SMILES string of the molecule is COc1ccc(C)cc1C1(O)CCOCC1. The first-order valence-corrected chi connectivity index (χ1v) is 5.61. The van der Waals surface area contributed by atoms with Crippen LogP contribution in [-0.4, -0.2) is 25.4 Å². The number of rotatable bonds is 2. The van der Waals surface area contributed by atoms with Crippen LogP contribution in [0.5, 0.6) is 5.75 Å². The van der Waals surface area contributed by atoms with Gasteiger partial charge in [-0.05, 0) is 19.1 Å². The molecule has 1 aliphatic heterocycles. The Morgan fingerprint density at radius 2 is 2.00 bits per heavy atom. The van der Waals surface area contributed by atoms with E-state index in [1.165, 1.54) is 0 Å². The first-order chi connectivity index (χ1) is 7.65. The van der Waals surface area contributed by atoms with Crippen LogP contribution in [0.3, 0.4) is 0 Å². The van der Waals surface area contributed by atoms with Gasteiger partial charge in [0, 0.05) is 31.6 Å². The molecule has 0 atom stereocenters. The minimum absolute atomic E-state index is 0.605. The first-order valence-electron chi connectivity index (χ1n) is 5.61. The number of benzene rings is 1. The molecule has 0 spiro atoms. The minimum Gasteiger partial charge on any atom is -0.496 e. The van der Waals surface area contributed by atoms with Crippen molar-refractivity contribution >= 4 is 0 Å². The van der Waals surface area contributed by atoms with Crippen molar-refractivity contribution in [3.05, 3.63) is 29.3 Å². The summed E-state index contributed by atoms with van der Waals surface area (Å²) in [5.74, 6) is 0.759. The highest BCUT2D eigenvalue weighted by atomic mass is 16.5. The molecule has 1 aromatic rings. The fraction of sp³-hybridized carbons (Fsp3) is 0.538. The molecular formula is C13H18O3. The Labute approximate surface area is 96.0 Å². The quantitative estimate of drug-likeness (QED) is 0.831. The lowest BCUT2D eigenvalue weighted by molar-refractivity contribution is -0.0689. The summed E-state index contributed by atoms with van der Waals surface area (Å²) in [5, 5.41) is 10.6. The van der Waals surface area contributed by atoms with Crippen LogP contribution in [0.2, 0.25) is 0 Å². The first kappa shape index (κ1) is 11.4. The third-order valence-electron chi connectivity index (χ3n) is 3.18. The summed E-state index contributed by atoms with van der Waals surface area (Å²) >= 11 is 0. The van der Waals surface area contributed by atoms with Crippen molar-refractivity contribution in [3.63, 3.8) is 0 Å². The van der Waals surface area contributed by atoms with Crippen LogP contribution >= 0.6 is 0 Å². The van der Waals surface area contributed by atoms with E-state index in [1.807, 2.05) is 25.1 Å². The largest absolute Gasteiger partial charge is 0.496 e. The number of hydrogen-bond acceptors (Lipinski definition) is 3. The van der Waals surface area contributed by atoms with Crippen molar-refractivity contribution in [2.24, 2.45) is 0 Å². The molecule has 0 aliphatic carbocycles. The van der Waals surface area contributed by atoms with E-state index in [1.54, 1.807) is 7.11 Å². The molecule has 1 aromatic carbocycles. The average Bonchev–Trinajstić information content (AvgIpc) is 2.30. The Hall–Kier alpha value is -1.06. The Kier molecular flexibility index (Phi) is 3.17. The summed E-state index contributed by atoms with van der Waals surface area (Å²) in [5.41, 5.74) is 1.23. The van der Waals surface area contributed by atoms with Crippen molar-refractivity contribution in [1.82, 2.24) is 0 Å². The van der Waals surface area contributed by atoms with Gasteiger partial charge in [-0.3, -0.25) is 0 Å². The number of aliphatic hydroxyl groups is 1. The molecule has 1 N–H and O–H groups in total. The molecule has 1 saturated heterocycles. The zero-order valence-corrected chi connectivity index (χ0v) is 9.82. The van der Waals surface area contributed by atoms with Gasteiger partial charge in [0.1, 0.15) is 5.75 Å². The summed E-state index contributed by atoms with van der Waals surface area (Å²) in [6, 6.07) is 5.91. The van der Waals surface area contributed by atoms with Crippen LogP contribution in [0.15, 0.2) is 18.2 Å². The summed E-state index contributed by atoms with van der Waals surface area (Å²) in [6.07, 6.45) is 1.26. The second-order valence-electron chi connectivity index (χ2n) is 4.35. The van der Waals surface area contributed by atoms with Gasteiger partial charge in [0.15, 0.2) is 0 Å². The van der Waals surface area contributed by atoms with Gasteiger partial charge in [-0.2, -0.15) is 0 Å². The van der Waals surface area contributed by atoms with Gasteiger partial charge in [-0.25, -0.2) is 0 Å². The van der Waals surface area contributed by atoms with E-state index in [2.05, 4.69) is 0 Å². The van der Waals surface area contributed by atoms with Crippen molar-refractivity contribution < 1.29 is 14.6 Å². The Bertz CT molecular complexity index is 367. The van der Waals surface area contributed by atoms with Crippen LogP contribution in [-0.2, 0) is 10.3 Å². The van der Waals surface area contributed by atoms with Crippen molar-refractivity contribution in [1.29, 1.82) is 0 Å². The highest BCUT2D eigenvalue weighted by Gasteiger charge is 2.34. The Morgan fingerprint density at radius 1 is 1.31 bits per heavy atom. The number of methoxy groups -OCH3 is 1. The van der Waals surface area contributed by atoms with Gasteiger partial charge >= 0.3 is 0 Å². The van der Waals surface area contributed by atoms with E-state index < -0.39 is 5.60 Å². The topological polar surface area (TPSA) is 38.7 Å². The zero-order valence-electron chi connectivity index (χ0n) is 9.82. The lowest BCUT2D eigenvalue weighted by Crippen LogP contribution is -2.33. The van der Waals surface area contributed by atoms with Crippen LogP contribution in [0.1, 0.15) is 24.0 Å². The molecule has 2 rings (SSSR count). The number of ether oxygens (including phenoxy) is 2. The molecule has 88 valence electrons. The zero-order chi connectivity index (χ0) is 11.6. The molecule has 0 unspecified atom stereocenters. The number of hydrogen-bond donors (Lipinski definition) is 1. The maximum absolute atomic E-state index is 10.6. The molecule has 1 fully saturated rings. The fourth-order valence-corrected chi connectivity index (χ4v) is 2.16. The van der Waals surface area contributed by atoms with Gasteiger partial charge < -0.3 is 14.6 Å². The number of aryl methyl sites for hydroxylation is 1. The van der Waals surface area contributed by atoms with E-state index in [9.17, 15) is 5.11 Å². The molecule has 0 saturated carbocycles. The molecule has 3 nitrogen and oxygen atoms in total. The summed E-state index contributed by atoms with van der Waals surface area (Å²) in [6.45, 7) is 3.23. The van der Waals surface area contributed by atoms with E-state index >= 15 is 0 Å². The molecule has 0 radical (unpaired) electrons. The summed E-state index contributed by atoms with van der Waals surface area (Å²) < 4.78 is 10.6. The van der Waals surface area contributed by atoms with Gasteiger partial charge in [0.05, 0.1) is 12.7 Å². The molecule has 0 amide bonds. The lowest BCUT2D eigenvalue weighted by atomic mass is 9.85.